The zero-order valence-electron chi connectivity index (χ0n) is 22.1. The van der Waals surface area contributed by atoms with Crippen LogP contribution >= 0.6 is 22.6 Å². The van der Waals surface area contributed by atoms with Gasteiger partial charge < -0.3 is 14.5 Å². The topological polar surface area (TPSA) is 124 Å². The van der Waals surface area contributed by atoms with Gasteiger partial charge in [-0.2, -0.15) is 0 Å². The summed E-state index contributed by atoms with van der Waals surface area (Å²) in [5.41, 5.74) is -2.35. The number of pyridine rings is 1. The fourth-order valence-electron chi connectivity index (χ4n) is 3.93. The second-order valence-electron chi connectivity index (χ2n) is 9.87. The first-order chi connectivity index (χ1) is 18.2. The molecule has 204 valence electrons. The normalized spacial score (nSPS) is 11.5. The number of amides is 1. The van der Waals surface area contributed by atoms with Crippen molar-refractivity contribution in [3.05, 3.63) is 88.1 Å². The van der Waals surface area contributed by atoms with E-state index in [2.05, 4.69) is 10.3 Å². The summed E-state index contributed by atoms with van der Waals surface area (Å²) in [5.74, 6) is -0.588. The van der Waals surface area contributed by atoms with Crippen LogP contribution in [0.1, 0.15) is 31.9 Å². The second-order valence-corrected chi connectivity index (χ2v) is 11.1. The highest BCUT2D eigenvalue weighted by Crippen LogP contribution is 2.34. The van der Waals surface area contributed by atoms with E-state index in [1.807, 2.05) is 22.6 Å². The maximum atomic E-state index is 15.0. The van der Waals surface area contributed by atoms with Crippen molar-refractivity contribution in [2.24, 2.45) is 7.05 Å². The van der Waals surface area contributed by atoms with Crippen LogP contribution in [-0.4, -0.2) is 25.8 Å². The fraction of sp³-hybridized carbons (Fsp3) is 0.259. The molecule has 0 unspecified atom stereocenters. The minimum atomic E-state index is -0.849. The molecule has 2 N–H and O–H groups in total. The molecule has 0 bridgehead atoms. The number of nitrogens with one attached hydrogen (secondary N) is 2. The quantitative estimate of drug-likeness (QED) is 0.304. The highest BCUT2D eigenvalue weighted by atomic mass is 127. The Hall–Kier alpha value is -3.94. The molecule has 0 aliphatic carbocycles. The molecular weight excluding hydrogens is 622 g/mol. The van der Waals surface area contributed by atoms with Crippen LogP contribution < -0.4 is 26.9 Å². The van der Waals surface area contributed by atoms with Crippen LogP contribution in [0.5, 0.6) is 11.5 Å². The molecule has 0 aliphatic heterocycles. The zero-order valence-corrected chi connectivity index (χ0v) is 24.2. The number of hydrogen-bond donors (Lipinski definition) is 2. The van der Waals surface area contributed by atoms with Gasteiger partial charge in [-0.1, -0.05) is 6.07 Å². The lowest BCUT2D eigenvalue weighted by atomic mass is 10.1. The molecule has 0 aliphatic rings. The van der Waals surface area contributed by atoms with E-state index in [0.29, 0.717) is 14.8 Å². The molecule has 4 aromatic rings. The van der Waals surface area contributed by atoms with Gasteiger partial charge in [0.2, 0.25) is 0 Å². The molecule has 0 fully saturated rings. The van der Waals surface area contributed by atoms with Gasteiger partial charge in [0, 0.05) is 16.2 Å². The Labute approximate surface area is 235 Å². The number of aromatic nitrogens is 3. The molecule has 10 nitrogen and oxygen atoms in total. The number of hydrogen-bond acceptors (Lipinski definition) is 6. The minimum absolute atomic E-state index is 0.0674. The van der Waals surface area contributed by atoms with Crippen molar-refractivity contribution in [2.45, 2.75) is 40.2 Å². The number of nitrogens with zero attached hydrogens (tertiary/aromatic N) is 2. The van der Waals surface area contributed by atoms with Crippen LogP contribution in [0, 0.1) is 23.2 Å². The number of carbonyl (C=O) groups excluding carboxylic acids is 1. The van der Waals surface area contributed by atoms with Crippen LogP contribution in [0.15, 0.2) is 50.8 Å². The number of halogens is 2. The molecule has 2 aromatic carbocycles. The summed E-state index contributed by atoms with van der Waals surface area (Å²) in [5, 5.41) is 2.54. The molecule has 1 amide bonds. The highest BCUT2D eigenvalue weighted by molar-refractivity contribution is 14.1. The first-order valence-corrected chi connectivity index (χ1v) is 12.9. The van der Waals surface area contributed by atoms with E-state index in [0.717, 1.165) is 9.13 Å². The molecule has 2 aromatic heterocycles. The minimum Gasteiger partial charge on any atom is -0.456 e. The van der Waals surface area contributed by atoms with Gasteiger partial charge in [0.05, 0.1) is 16.9 Å². The second kappa shape index (κ2) is 10.3. The van der Waals surface area contributed by atoms with Gasteiger partial charge in [-0.15, -0.1) is 0 Å². The summed E-state index contributed by atoms with van der Waals surface area (Å²) >= 11 is 1.93. The Kier molecular flexibility index (Phi) is 7.43. The van der Waals surface area contributed by atoms with Crippen LogP contribution in [-0.2, 0) is 11.8 Å². The molecule has 0 saturated heterocycles. The van der Waals surface area contributed by atoms with Crippen molar-refractivity contribution >= 4 is 45.4 Å². The van der Waals surface area contributed by atoms with Gasteiger partial charge in [-0.25, -0.2) is 18.5 Å². The maximum absolute atomic E-state index is 15.0. The van der Waals surface area contributed by atoms with Crippen molar-refractivity contribution in [1.29, 1.82) is 0 Å². The standard InChI is InChI=1S/C27H26FIN4O6/c1-13-17(30-25(36)39-27(3,4)5)8-7-9-19(13)38-21-14(2)23(34)31-22-20(21)24(35)32(6)26(37)33(22)18-11-10-15(29)12-16(18)28/h7-12H,1-6H3,(H,30,36)(H,31,34). The van der Waals surface area contributed by atoms with E-state index < -0.39 is 34.3 Å². The number of H-pyrrole nitrogens is 1. The molecule has 0 saturated carbocycles. The Morgan fingerprint density at radius 2 is 1.77 bits per heavy atom. The number of benzene rings is 2. The third-order valence-electron chi connectivity index (χ3n) is 5.88. The lowest BCUT2D eigenvalue weighted by Gasteiger charge is -2.21. The van der Waals surface area contributed by atoms with E-state index in [9.17, 15) is 23.6 Å². The summed E-state index contributed by atoms with van der Waals surface area (Å²) in [6, 6.07) is 9.08. The predicted molar refractivity (Wildman–Crippen MR) is 154 cm³/mol. The van der Waals surface area contributed by atoms with Crippen molar-refractivity contribution < 1.29 is 18.7 Å². The van der Waals surface area contributed by atoms with Crippen molar-refractivity contribution in [1.82, 2.24) is 14.1 Å². The fourth-order valence-corrected chi connectivity index (χ4v) is 4.38. The summed E-state index contributed by atoms with van der Waals surface area (Å²) in [6.45, 7) is 8.36. The van der Waals surface area contributed by atoms with Crippen LogP contribution in [0.2, 0.25) is 0 Å². The van der Waals surface area contributed by atoms with Gasteiger partial charge in [0.1, 0.15) is 28.2 Å². The molecule has 4 rings (SSSR count). The molecule has 0 atom stereocenters. The van der Waals surface area contributed by atoms with E-state index in [-0.39, 0.29) is 33.8 Å². The molecule has 0 spiro atoms. The molecule has 39 heavy (non-hydrogen) atoms. The summed E-state index contributed by atoms with van der Waals surface area (Å²) in [6.07, 6.45) is -0.669. The Bertz CT molecular complexity index is 1820. The molecule has 2 heterocycles. The number of carbonyl (C=O) groups is 1. The average molecular weight is 648 g/mol. The SMILES string of the molecule is Cc1c(NC(=O)OC(C)(C)C)cccc1Oc1c(C)c(=O)[nH]c2c1c(=O)n(C)c(=O)n2-c1ccc(I)cc1F. The van der Waals surface area contributed by atoms with Gasteiger partial charge >= 0.3 is 11.8 Å². The number of aromatic amines is 1. The summed E-state index contributed by atoms with van der Waals surface area (Å²) < 4.78 is 28.8. The predicted octanol–water partition coefficient (Wildman–Crippen LogP) is 4.88. The van der Waals surface area contributed by atoms with E-state index in [1.165, 1.54) is 26.1 Å². The average Bonchev–Trinajstić information content (AvgIpc) is 2.83. The van der Waals surface area contributed by atoms with E-state index >= 15 is 0 Å². The first kappa shape index (κ1) is 28.1. The maximum Gasteiger partial charge on any atom is 0.412 e. The summed E-state index contributed by atoms with van der Waals surface area (Å²) in [7, 11) is 1.26. The van der Waals surface area contributed by atoms with Crippen molar-refractivity contribution in [3.63, 3.8) is 0 Å². The number of ether oxygens (including phenoxy) is 2. The Balaban J connectivity index is 1.94. The van der Waals surface area contributed by atoms with Gasteiger partial charge in [0.25, 0.3) is 11.1 Å². The van der Waals surface area contributed by atoms with E-state index in [4.69, 9.17) is 9.47 Å². The summed E-state index contributed by atoms with van der Waals surface area (Å²) in [4.78, 5) is 54.4. The van der Waals surface area contributed by atoms with Crippen molar-refractivity contribution in [3.8, 4) is 17.2 Å². The lowest BCUT2D eigenvalue weighted by molar-refractivity contribution is 0.0636. The highest BCUT2D eigenvalue weighted by Gasteiger charge is 2.24. The monoisotopic (exact) mass is 648 g/mol. The van der Waals surface area contributed by atoms with Crippen LogP contribution in [0.4, 0.5) is 14.9 Å². The molecule has 0 radical (unpaired) electrons. The largest absolute Gasteiger partial charge is 0.456 e. The van der Waals surface area contributed by atoms with Gasteiger partial charge in [-0.05, 0) is 87.5 Å². The van der Waals surface area contributed by atoms with Gasteiger partial charge in [-0.3, -0.25) is 19.5 Å². The van der Waals surface area contributed by atoms with Crippen LogP contribution in [0.25, 0.3) is 16.7 Å². The zero-order chi connectivity index (χ0) is 28.8. The van der Waals surface area contributed by atoms with Crippen molar-refractivity contribution in [2.75, 3.05) is 5.32 Å². The number of rotatable bonds is 4. The molecule has 12 heteroatoms. The first-order valence-electron chi connectivity index (χ1n) is 11.8. The van der Waals surface area contributed by atoms with E-state index in [1.54, 1.807) is 52.0 Å². The third kappa shape index (κ3) is 5.46. The van der Waals surface area contributed by atoms with Gasteiger partial charge in [0.15, 0.2) is 5.75 Å². The van der Waals surface area contributed by atoms with Crippen LogP contribution in [0.3, 0.4) is 0 Å². The number of fused-ring (bicyclic) bond motifs is 1. The smallest absolute Gasteiger partial charge is 0.412 e. The Morgan fingerprint density at radius 1 is 1.08 bits per heavy atom. The Morgan fingerprint density at radius 3 is 2.41 bits per heavy atom. The molecular formula is C27H26FIN4O6. The lowest BCUT2D eigenvalue weighted by Crippen LogP contribution is -2.39. The number of anilines is 1. The third-order valence-corrected chi connectivity index (χ3v) is 6.55.